The Balaban J connectivity index is 0.00000264. The van der Waals surface area contributed by atoms with Crippen molar-refractivity contribution >= 4 is 24.0 Å². The summed E-state index contributed by atoms with van der Waals surface area (Å²) in [5, 5.41) is 2.88. The Hall–Kier alpha value is -2.11. The third-order valence-electron chi connectivity index (χ3n) is 3.13. The van der Waals surface area contributed by atoms with E-state index in [1.807, 2.05) is 32.0 Å². The molecule has 6 heteroatoms. The number of amides is 1. The minimum absolute atomic E-state index is 0. The van der Waals surface area contributed by atoms with Crippen molar-refractivity contribution in [2.24, 2.45) is 5.73 Å². The van der Waals surface area contributed by atoms with Crippen molar-refractivity contribution in [2.75, 3.05) is 11.9 Å². The quantitative estimate of drug-likeness (QED) is 0.849. The Bertz CT molecular complexity index is 662. The Morgan fingerprint density at radius 3 is 2.78 bits per heavy atom. The second-order valence-electron chi connectivity index (χ2n) is 5.04. The van der Waals surface area contributed by atoms with Gasteiger partial charge in [0.05, 0.1) is 18.0 Å². The molecule has 5 nitrogen and oxygen atoms in total. The highest BCUT2D eigenvalue weighted by atomic mass is 35.5. The van der Waals surface area contributed by atoms with E-state index in [-0.39, 0.29) is 18.3 Å². The van der Waals surface area contributed by atoms with E-state index in [1.54, 1.807) is 18.3 Å². The van der Waals surface area contributed by atoms with Crippen LogP contribution in [0.1, 0.15) is 35.0 Å². The van der Waals surface area contributed by atoms with Crippen molar-refractivity contribution in [3.05, 3.63) is 53.3 Å². The Labute approximate surface area is 142 Å². The number of nitrogens with zero attached hydrogens (tertiary/aromatic N) is 1. The van der Waals surface area contributed by atoms with Crippen LogP contribution in [0.15, 0.2) is 36.5 Å². The summed E-state index contributed by atoms with van der Waals surface area (Å²) in [5.74, 6) is 0.477. The number of aromatic nitrogens is 1. The van der Waals surface area contributed by atoms with Gasteiger partial charge >= 0.3 is 0 Å². The minimum Gasteiger partial charge on any atom is -0.491 e. The van der Waals surface area contributed by atoms with Gasteiger partial charge < -0.3 is 15.8 Å². The van der Waals surface area contributed by atoms with Gasteiger partial charge in [0.15, 0.2) is 0 Å². The first-order chi connectivity index (χ1) is 10.6. The zero-order valence-electron chi connectivity index (χ0n) is 13.3. The van der Waals surface area contributed by atoms with Crippen molar-refractivity contribution in [1.29, 1.82) is 0 Å². The average Bonchev–Trinajstić information content (AvgIpc) is 2.55. The summed E-state index contributed by atoms with van der Waals surface area (Å²) in [6.45, 7) is 4.94. The van der Waals surface area contributed by atoms with E-state index in [0.717, 1.165) is 12.0 Å². The molecule has 0 aliphatic heterocycles. The lowest BCUT2D eigenvalue weighted by Gasteiger charge is -2.13. The number of benzene rings is 1. The number of carbonyl (C=O) groups excluding carboxylic acids is 1. The first-order valence-corrected chi connectivity index (χ1v) is 7.34. The smallest absolute Gasteiger partial charge is 0.255 e. The number of hydrogen-bond acceptors (Lipinski definition) is 4. The highest BCUT2D eigenvalue weighted by Gasteiger charge is 2.11. The van der Waals surface area contributed by atoms with E-state index >= 15 is 0 Å². The van der Waals surface area contributed by atoms with Crippen LogP contribution in [0.4, 0.5) is 5.69 Å². The Kier molecular flexibility index (Phi) is 7.51. The first-order valence-electron chi connectivity index (χ1n) is 7.34. The molecular weight excluding hydrogens is 314 g/mol. The fraction of sp³-hybridized carbons (Fsp3) is 0.294. The molecule has 3 N–H and O–H groups in total. The molecule has 1 aromatic carbocycles. The van der Waals surface area contributed by atoms with Gasteiger partial charge in [-0.2, -0.15) is 0 Å². The fourth-order valence-corrected chi connectivity index (χ4v) is 1.99. The molecule has 1 heterocycles. The van der Waals surface area contributed by atoms with E-state index in [0.29, 0.717) is 35.8 Å². The van der Waals surface area contributed by atoms with E-state index in [2.05, 4.69) is 10.3 Å². The molecule has 0 radical (unpaired) electrons. The largest absolute Gasteiger partial charge is 0.491 e. The van der Waals surface area contributed by atoms with E-state index in [9.17, 15) is 4.79 Å². The third-order valence-corrected chi connectivity index (χ3v) is 3.13. The highest BCUT2D eigenvalue weighted by Crippen LogP contribution is 2.26. The fourth-order valence-electron chi connectivity index (χ4n) is 1.99. The van der Waals surface area contributed by atoms with Crippen molar-refractivity contribution in [1.82, 2.24) is 4.98 Å². The molecule has 0 bridgehead atoms. The predicted octanol–water partition coefficient (Wildman–Crippen LogP) is 3.31. The van der Waals surface area contributed by atoms with Gasteiger partial charge in [-0.15, -0.1) is 12.4 Å². The van der Waals surface area contributed by atoms with Gasteiger partial charge in [-0.05, 0) is 43.2 Å². The third kappa shape index (κ3) is 5.23. The monoisotopic (exact) mass is 335 g/mol. The molecular formula is C17H22ClN3O2. The number of anilines is 1. The van der Waals surface area contributed by atoms with Crippen LogP contribution in [-0.2, 0) is 6.54 Å². The van der Waals surface area contributed by atoms with Crippen LogP contribution in [0.5, 0.6) is 5.75 Å². The molecule has 0 unspecified atom stereocenters. The predicted molar refractivity (Wildman–Crippen MR) is 94.3 cm³/mol. The zero-order valence-corrected chi connectivity index (χ0v) is 14.2. The molecule has 0 saturated heterocycles. The topological polar surface area (TPSA) is 77.2 Å². The van der Waals surface area contributed by atoms with Crippen LogP contribution < -0.4 is 15.8 Å². The number of aryl methyl sites for hydroxylation is 1. The maximum absolute atomic E-state index is 12.4. The number of pyridine rings is 1. The maximum atomic E-state index is 12.4. The second kappa shape index (κ2) is 9.12. The SMILES string of the molecule is CCCOc1cc(C)ccc1NC(=O)c1ccnc(CN)c1.Cl. The van der Waals surface area contributed by atoms with Crippen molar-refractivity contribution in [3.8, 4) is 5.75 Å². The first kappa shape index (κ1) is 18.9. The summed E-state index contributed by atoms with van der Waals surface area (Å²) in [7, 11) is 0. The molecule has 0 saturated carbocycles. The van der Waals surface area contributed by atoms with Crippen LogP contribution in [0.2, 0.25) is 0 Å². The summed E-state index contributed by atoms with van der Waals surface area (Å²) in [6, 6.07) is 9.06. The van der Waals surface area contributed by atoms with E-state index in [4.69, 9.17) is 10.5 Å². The van der Waals surface area contributed by atoms with Gasteiger partial charge in [-0.3, -0.25) is 9.78 Å². The molecule has 0 fully saturated rings. The molecule has 1 amide bonds. The maximum Gasteiger partial charge on any atom is 0.255 e. The Morgan fingerprint density at radius 2 is 2.09 bits per heavy atom. The van der Waals surface area contributed by atoms with Gasteiger partial charge in [-0.25, -0.2) is 0 Å². The van der Waals surface area contributed by atoms with Crippen LogP contribution >= 0.6 is 12.4 Å². The molecule has 2 aromatic rings. The molecule has 0 aliphatic carbocycles. The van der Waals surface area contributed by atoms with Crippen LogP contribution in [0.3, 0.4) is 0 Å². The van der Waals surface area contributed by atoms with Gasteiger partial charge in [0.2, 0.25) is 0 Å². The minimum atomic E-state index is -0.206. The van der Waals surface area contributed by atoms with E-state index < -0.39 is 0 Å². The lowest BCUT2D eigenvalue weighted by atomic mass is 10.2. The van der Waals surface area contributed by atoms with Crippen molar-refractivity contribution < 1.29 is 9.53 Å². The van der Waals surface area contributed by atoms with Crippen LogP contribution in [-0.4, -0.2) is 17.5 Å². The number of rotatable bonds is 6. The molecule has 0 spiro atoms. The van der Waals surface area contributed by atoms with Crippen LogP contribution in [0, 0.1) is 6.92 Å². The second-order valence-corrected chi connectivity index (χ2v) is 5.04. The molecule has 0 aliphatic rings. The zero-order chi connectivity index (χ0) is 15.9. The number of nitrogens with one attached hydrogen (secondary N) is 1. The molecule has 0 atom stereocenters. The molecule has 1 aromatic heterocycles. The lowest BCUT2D eigenvalue weighted by Crippen LogP contribution is -2.14. The Morgan fingerprint density at radius 1 is 1.30 bits per heavy atom. The van der Waals surface area contributed by atoms with Gasteiger partial charge in [0.1, 0.15) is 5.75 Å². The summed E-state index contributed by atoms with van der Waals surface area (Å²) in [4.78, 5) is 16.4. The standard InChI is InChI=1S/C17H21N3O2.ClH/c1-3-8-22-16-9-12(2)4-5-15(16)20-17(21)13-6-7-19-14(10-13)11-18;/h4-7,9-10H,3,8,11,18H2,1-2H3,(H,20,21);1H. The number of halogens is 1. The molecule has 23 heavy (non-hydrogen) atoms. The van der Waals surface area contributed by atoms with Gasteiger partial charge in [0, 0.05) is 18.3 Å². The summed E-state index contributed by atoms with van der Waals surface area (Å²) >= 11 is 0. The average molecular weight is 336 g/mol. The van der Waals surface area contributed by atoms with Gasteiger partial charge in [-0.1, -0.05) is 13.0 Å². The molecule has 124 valence electrons. The summed E-state index contributed by atoms with van der Waals surface area (Å²) in [5.41, 5.74) is 8.50. The van der Waals surface area contributed by atoms with Crippen molar-refractivity contribution in [3.63, 3.8) is 0 Å². The number of nitrogens with two attached hydrogens (primary N) is 1. The normalized spacial score (nSPS) is 9.87. The van der Waals surface area contributed by atoms with Crippen molar-refractivity contribution in [2.45, 2.75) is 26.8 Å². The summed E-state index contributed by atoms with van der Waals surface area (Å²) < 4.78 is 5.70. The van der Waals surface area contributed by atoms with Gasteiger partial charge in [0.25, 0.3) is 5.91 Å². The summed E-state index contributed by atoms with van der Waals surface area (Å²) in [6.07, 6.45) is 2.49. The van der Waals surface area contributed by atoms with E-state index in [1.165, 1.54) is 0 Å². The number of ether oxygens (including phenoxy) is 1. The number of carbonyl (C=O) groups is 1. The lowest BCUT2D eigenvalue weighted by molar-refractivity contribution is 0.102. The van der Waals surface area contributed by atoms with Crippen LogP contribution in [0.25, 0.3) is 0 Å². The highest BCUT2D eigenvalue weighted by molar-refractivity contribution is 6.05. The number of hydrogen-bond donors (Lipinski definition) is 2. The molecule has 2 rings (SSSR count).